The Hall–Kier alpha value is -0.980. The summed E-state index contributed by atoms with van der Waals surface area (Å²) in [6.07, 6.45) is 1.62. The average Bonchev–Trinajstić information content (AvgIpc) is 2.94. The van der Waals surface area contributed by atoms with E-state index >= 15 is 0 Å². The molecule has 0 bridgehead atoms. The lowest BCUT2D eigenvalue weighted by Gasteiger charge is -2.24. The van der Waals surface area contributed by atoms with Crippen LogP contribution in [0.25, 0.3) is 0 Å². The third-order valence-corrected chi connectivity index (χ3v) is 5.44. The maximum absolute atomic E-state index is 13.7. The number of ether oxygens (including phenoxy) is 1. The largest absolute Gasteiger partial charge is 0.381 e. The van der Waals surface area contributed by atoms with E-state index < -0.39 is 15.8 Å². The van der Waals surface area contributed by atoms with Crippen LogP contribution in [0.3, 0.4) is 0 Å². The summed E-state index contributed by atoms with van der Waals surface area (Å²) < 4.78 is 45.6. The number of nitrogens with zero attached hydrogens (tertiary/aromatic N) is 1. The zero-order chi connectivity index (χ0) is 15.3. The maximum atomic E-state index is 13.7. The van der Waals surface area contributed by atoms with Crippen molar-refractivity contribution in [2.24, 2.45) is 5.92 Å². The molecule has 6 heteroatoms. The van der Waals surface area contributed by atoms with Gasteiger partial charge in [0.2, 0.25) is 10.0 Å². The molecule has 1 aromatic rings. The highest BCUT2D eigenvalue weighted by atomic mass is 32.2. The molecule has 1 aliphatic rings. The molecule has 4 nitrogen and oxygen atoms in total. The highest BCUT2D eigenvalue weighted by molar-refractivity contribution is 7.88. The van der Waals surface area contributed by atoms with Crippen molar-refractivity contribution in [3.8, 4) is 0 Å². The minimum Gasteiger partial charge on any atom is -0.381 e. The first-order valence-corrected chi connectivity index (χ1v) is 8.93. The molecular formula is C15H22FNO3S. The Morgan fingerprint density at radius 2 is 2.14 bits per heavy atom. The lowest BCUT2D eigenvalue weighted by atomic mass is 10.1. The summed E-state index contributed by atoms with van der Waals surface area (Å²) >= 11 is 0. The molecule has 0 saturated carbocycles. The Morgan fingerprint density at radius 1 is 1.38 bits per heavy atom. The van der Waals surface area contributed by atoms with Gasteiger partial charge in [0.15, 0.2) is 0 Å². The SMILES string of the molecule is CCCN(CC1CCOC1)S(=O)(=O)Cc1ccccc1F. The quantitative estimate of drug-likeness (QED) is 0.776. The van der Waals surface area contributed by atoms with E-state index in [1.165, 1.54) is 16.4 Å². The van der Waals surface area contributed by atoms with Crippen LogP contribution in [-0.4, -0.2) is 39.0 Å². The van der Waals surface area contributed by atoms with Gasteiger partial charge in [-0.2, -0.15) is 0 Å². The van der Waals surface area contributed by atoms with Crippen LogP contribution in [0.4, 0.5) is 4.39 Å². The van der Waals surface area contributed by atoms with Gasteiger partial charge in [0.05, 0.1) is 12.4 Å². The van der Waals surface area contributed by atoms with E-state index in [2.05, 4.69) is 0 Å². The number of halogens is 1. The fourth-order valence-corrected chi connectivity index (χ4v) is 4.22. The normalized spacial score (nSPS) is 19.3. The summed E-state index contributed by atoms with van der Waals surface area (Å²) in [5.74, 6) is -0.513. The van der Waals surface area contributed by atoms with Gasteiger partial charge in [-0.15, -0.1) is 0 Å². The smallest absolute Gasteiger partial charge is 0.218 e. The molecule has 1 aromatic carbocycles. The summed E-state index contributed by atoms with van der Waals surface area (Å²) in [7, 11) is -3.51. The Balaban J connectivity index is 2.11. The van der Waals surface area contributed by atoms with Gasteiger partial charge in [0.25, 0.3) is 0 Å². The van der Waals surface area contributed by atoms with Crippen molar-refractivity contribution in [3.63, 3.8) is 0 Å². The number of hydrogen-bond donors (Lipinski definition) is 0. The monoisotopic (exact) mass is 315 g/mol. The van der Waals surface area contributed by atoms with Crippen molar-refractivity contribution < 1.29 is 17.5 Å². The van der Waals surface area contributed by atoms with Gasteiger partial charge in [-0.05, 0) is 24.8 Å². The molecular weight excluding hydrogens is 293 g/mol. The first kappa shape index (κ1) is 16.4. The van der Waals surface area contributed by atoms with Gasteiger partial charge in [-0.25, -0.2) is 17.1 Å². The number of sulfonamides is 1. The van der Waals surface area contributed by atoms with E-state index in [9.17, 15) is 12.8 Å². The minimum atomic E-state index is -3.51. The van der Waals surface area contributed by atoms with Gasteiger partial charge in [0, 0.05) is 25.3 Å². The zero-order valence-corrected chi connectivity index (χ0v) is 13.1. The Kier molecular flexibility index (Phi) is 5.72. The number of benzene rings is 1. The van der Waals surface area contributed by atoms with Gasteiger partial charge < -0.3 is 4.74 Å². The van der Waals surface area contributed by atoms with Crippen molar-refractivity contribution in [2.75, 3.05) is 26.3 Å². The van der Waals surface area contributed by atoms with Crippen LogP contribution in [0.2, 0.25) is 0 Å². The maximum Gasteiger partial charge on any atom is 0.218 e. The average molecular weight is 315 g/mol. The highest BCUT2D eigenvalue weighted by Crippen LogP contribution is 2.19. The summed E-state index contributed by atoms with van der Waals surface area (Å²) in [6, 6.07) is 6.03. The Morgan fingerprint density at radius 3 is 2.76 bits per heavy atom. The molecule has 1 fully saturated rings. The van der Waals surface area contributed by atoms with Crippen molar-refractivity contribution in [1.82, 2.24) is 4.31 Å². The fourth-order valence-electron chi connectivity index (χ4n) is 2.51. The molecule has 0 N–H and O–H groups in total. The van der Waals surface area contributed by atoms with Gasteiger partial charge in [-0.3, -0.25) is 0 Å². The molecule has 1 atom stereocenters. The first-order chi connectivity index (χ1) is 10.0. The summed E-state index contributed by atoms with van der Waals surface area (Å²) in [5, 5.41) is 0. The molecule has 0 radical (unpaired) electrons. The number of rotatable bonds is 7. The van der Waals surface area contributed by atoms with Crippen LogP contribution in [-0.2, 0) is 20.5 Å². The molecule has 1 saturated heterocycles. The van der Waals surface area contributed by atoms with Crippen LogP contribution in [0.15, 0.2) is 24.3 Å². The lowest BCUT2D eigenvalue weighted by molar-refractivity contribution is 0.180. The minimum absolute atomic E-state index is 0.223. The molecule has 118 valence electrons. The third kappa shape index (κ3) is 4.49. The predicted octanol–water partition coefficient (Wildman–Crippen LogP) is 2.40. The molecule has 0 spiro atoms. The standard InChI is InChI=1S/C15H22FNO3S/c1-2-8-17(10-13-7-9-20-11-13)21(18,19)12-14-5-3-4-6-15(14)16/h3-6,13H,2,7-12H2,1H3. The van der Waals surface area contributed by atoms with E-state index in [0.29, 0.717) is 26.3 Å². The van der Waals surface area contributed by atoms with Crippen LogP contribution in [0.1, 0.15) is 25.3 Å². The van der Waals surface area contributed by atoms with E-state index in [-0.39, 0.29) is 17.2 Å². The fraction of sp³-hybridized carbons (Fsp3) is 0.600. The second kappa shape index (κ2) is 7.33. The van der Waals surface area contributed by atoms with Crippen LogP contribution >= 0.6 is 0 Å². The van der Waals surface area contributed by atoms with Gasteiger partial charge in [-0.1, -0.05) is 25.1 Å². The molecule has 2 rings (SSSR count). The van der Waals surface area contributed by atoms with Crippen molar-refractivity contribution in [2.45, 2.75) is 25.5 Å². The first-order valence-electron chi connectivity index (χ1n) is 7.32. The summed E-state index contributed by atoms with van der Waals surface area (Å²) in [6.45, 7) is 4.17. The van der Waals surface area contributed by atoms with Gasteiger partial charge in [0.1, 0.15) is 5.82 Å². The summed E-state index contributed by atoms with van der Waals surface area (Å²) in [4.78, 5) is 0. The Labute approximate surface area is 126 Å². The van der Waals surface area contributed by atoms with Gasteiger partial charge >= 0.3 is 0 Å². The molecule has 0 amide bonds. The third-order valence-electron chi connectivity index (χ3n) is 3.65. The van der Waals surface area contributed by atoms with Crippen LogP contribution in [0, 0.1) is 11.7 Å². The summed E-state index contributed by atoms with van der Waals surface area (Å²) in [5.41, 5.74) is 0.223. The lowest BCUT2D eigenvalue weighted by Crippen LogP contribution is -2.37. The molecule has 1 aliphatic heterocycles. The van der Waals surface area contributed by atoms with Crippen molar-refractivity contribution in [1.29, 1.82) is 0 Å². The molecule has 1 heterocycles. The Bertz CT molecular complexity index is 556. The molecule has 0 aromatic heterocycles. The molecule has 21 heavy (non-hydrogen) atoms. The zero-order valence-electron chi connectivity index (χ0n) is 12.3. The van der Waals surface area contributed by atoms with Crippen LogP contribution < -0.4 is 0 Å². The topological polar surface area (TPSA) is 46.6 Å². The predicted molar refractivity (Wildman–Crippen MR) is 79.8 cm³/mol. The second-order valence-corrected chi connectivity index (χ2v) is 7.40. The number of hydrogen-bond acceptors (Lipinski definition) is 3. The highest BCUT2D eigenvalue weighted by Gasteiger charge is 2.27. The molecule has 0 aliphatic carbocycles. The van der Waals surface area contributed by atoms with Crippen molar-refractivity contribution >= 4 is 10.0 Å². The van der Waals surface area contributed by atoms with Crippen LogP contribution in [0.5, 0.6) is 0 Å². The second-order valence-electron chi connectivity index (χ2n) is 5.44. The van der Waals surface area contributed by atoms with E-state index in [1.807, 2.05) is 6.92 Å². The van der Waals surface area contributed by atoms with E-state index in [1.54, 1.807) is 12.1 Å². The van der Waals surface area contributed by atoms with E-state index in [0.717, 1.165) is 12.8 Å². The molecule has 1 unspecified atom stereocenters. The van der Waals surface area contributed by atoms with E-state index in [4.69, 9.17) is 4.74 Å². The van der Waals surface area contributed by atoms with Crippen molar-refractivity contribution in [3.05, 3.63) is 35.6 Å².